The Hall–Kier alpha value is -1.57. The molecule has 1 aromatic carbocycles. The summed E-state index contributed by atoms with van der Waals surface area (Å²) in [7, 11) is 0. The largest absolute Gasteiger partial charge is 0.266 e. The number of aromatic nitrogens is 2. The van der Waals surface area contributed by atoms with Crippen molar-refractivity contribution in [1.82, 2.24) is 9.78 Å². The van der Waals surface area contributed by atoms with Crippen molar-refractivity contribution in [3.63, 3.8) is 0 Å². The average Bonchev–Trinajstić information content (AvgIpc) is 2.71. The molecule has 0 spiro atoms. The maximum Gasteiger partial charge on any atom is 0.0675 e. The molecule has 2 nitrogen and oxygen atoms in total. The third kappa shape index (κ3) is 3.11. The SMILES string of the molecule is Cc1cc(-c2c(C)nn(C(C)C)c2CC(C)C)cc(C)c1C. The van der Waals surface area contributed by atoms with Crippen LogP contribution in [-0.2, 0) is 6.42 Å². The molecule has 0 radical (unpaired) electrons. The number of rotatable bonds is 4. The standard InChI is InChI=1S/C20H30N2/c1-12(2)9-19-20(17(8)21-22(19)13(3)4)18-10-14(5)16(7)15(6)11-18/h10-13H,9H2,1-8H3. The molecular weight excluding hydrogens is 268 g/mol. The maximum absolute atomic E-state index is 4.84. The molecule has 22 heavy (non-hydrogen) atoms. The van der Waals surface area contributed by atoms with E-state index in [1.54, 1.807) is 0 Å². The van der Waals surface area contributed by atoms with Gasteiger partial charge in [0, 0.05) is 17.3 Å². The topological polar surface area (TPSA) is 17.8 Å². The van der Waals surface area contributed by atoms with Crippen molar-refractivity contribution in [1.29, 1.82) is 0 Å². The minimum Gasteiger partial charge on any atom is -0.266 e. The molecule has 2 heteroatoms. The van der Waals surface area contributed by atoms with Crippen LogP contribution in [0.4, 0.5) is 0 Å². The van der Waals surface area contributed by atoms with Gasteiger partial charge in [-0.3, -0.25) is 4.68 Å². The summed E-state index contributed by atoms with van der Waals surface area (Å²) >= 11 is 0. The molecule has 1 aromatic heterocycles. The van der Waals surface area contributed by atoms with E-state index in [9.17, 15) is 0 Å². The van der Waals surface area contributed by atoms with Gasteiger partial charge in [-0.15, -0.1) is 0 Å². The van der Waals surface area contributed by atoms with Crippen LogP contribution in [-0.4, -0.2) is 9.78 Å². The molecule has 2 rings (SSSR count). The first kappa shape index (κ1) is 16.8. The van der Waals surface area contributed by atoms with E-state index in [1.165, 1.54) is 33.5 Å². The first-order valence-corrected chi connectivity index (χ1v) is 8.38. The molecule has 0 fully saturated rings. The Kier molecular flexibility index (Phi) is 4.79. The predicted molar refractivity (Wildman–Crippen MR) is 95.5 cm³/mol. The highest BCUT2D eigenvalue weighted by atomic mass is 15.3. The Bertz CT molecular complexity index is 652. The minimum absolute atomic E-state index is 0.397. The van der Waals surface area contributed by atoms with Crippen molar-refractivity contribution < 1.29 is 0 Å². The molecule has 0 aliphatic heterocycles. The van der Waals surface area contributed by atoms with Crippen molar-refractivity contribution in [3.05, 3.63) is 40.2 Å². The molecule has 0 saturated heterocycles. The Morgan fingerprint density at radius 1 is 0.955 bits per heavy atom. The second-order valence-corrected chi connectivity index (χ2v) is 7.28. The van der Waals surface area contributed by atoms with Gasteiger partial charge in [0.2, 0.25) is 0 Å². The van der Waals surface area contributed by atoms with E-state index in [-0.39, 0.29) is 0 Å². The fourth-order valence-corrected chi connectivity index (χ4v) is 3.16. The first-order chi connectivity index (χ1) is 10.2. The Balaban J connectivity index is 2.69. The number of aryl methyl sites for hydroxylation is 3. The van der Waals surface area contributed by atoms with Crippen molar-refractivity contribution in [3.8, 4) is 11.1 Å². The Morgan fingerprint density at radius 3 is 1.95 bits per heavy atom. The lowest BCUT2D eigenvalue weighted by molar-refractivity contribution is 0.487. The lowest BCUT2D eigenvalue weighted by Gasteiger charge is -2.16. The van der Waals surface area contributed by atoms with Crippen LogP contribution in [0.1, 0.15) is 61.8 Å². The molecule has 0 bridgehead atoms. The second-order valence-electron chi connectivity index (χ2n) is 7.28. The molecular formula is C20H30N2. The van der Waals surface area contributed by atoms with Crippen LogP contribution < -0.4 is 0 Å². The zero-order chi connectivity index (χ0) is 16.6. The summed E-state index contributed by atoms with van der Waals surface area (Å²) in [5.41, 5.74) is 9.30. The molecule has 0 unspecified atom stereocenters. The van der Waals surface area contributed by atoms with E-state index in [1.807, 2.05) is 0 Å². The van der Waals surface area contributed by atoms with Crippen LogP contribution in [0, 0.1) is 33.6 Å². The summed E-state index contributed by atoms with van der Waals surface area (Å²) in [6.45, 7) is 17.7. The summed E-state index contributed by atoms with van der Waals surface area (Å²) in [5.74, 6) is 0.625. The molecule has 0 aliphatic rings. The highest BCUT2D eigenvalue weighted by Crippen LogP contribution is 2.33. The number of hydrogen-bond acceptors (Lipinski definition) is 1. The average molecular weight is 298 g/mol. The van der Waals surface area contributed by atoms with Gasteiger partial charge in [-0.25, -0.2) is 0 Å². The lowest BCUT2D eigenvalue weighted by atomic mass is 9.93. The lowest BCUT2D eigenvalue weighted by Crippen LogP contribution is -2.10. The molecule has 120 valence electrons. The summed E-state index contributed by atoms with van der Waals surface area (Å²) in [6, 6.07) is 5.04. The quantitative estimate of drug-likeness (QED) is 0.722. The Labute approximate surface area is 135 Å². The van der Waals surface area contributed by atoms with E-state index >= 15 is 0 Å². The zero-order valence-corrected chi connectivity index (χ0v) is 15.4. The molecule has 0 atom stereocenters. The van der Waals surface area contributed by atoms with Crippen molar-refractivity contribution in [2.24, 2.45) is 5.92 Å². The summed E-state index contributed by atoms with van der Waals surface area (Å²) in [6.07, 6.45) is 1.07. The van der Waals surface area contributed by atoms with Crippen LogP contribution >= 0.6 is 0 Å². The van der Waals surface area contributed by atoms with Gasteiger partial charge < -0.3 is 0 Å². The van der Waals surface area contributed by atoms with Crippen LogP contribution in [0.25, 0.3) is 11.1 Å². The van der Waals surface area contributed by atoms with Crippen molar-refractivity contribution in [2.45, 2.75) is 67.9 Å². The third-order valence-corrected chi connectivity index (χ3v) is 4.49. The van der Waals surface area contributed by atoms with Gasteiger partial charge in [-0.1, -0.05) is 26.0 Å². The minimum atomic E-state index is 0.397. The van der Waals surface area contributed by atoms with E-state index in [2.05, 4.69) is 72.2 Å². The molecule has 0 saturated carbocycles. The van der Waals surface area contributed by atoms with Crippen LogP contribution in [0.3, 0.4) is 0 Å². The van der Waals surface area contributed by atoms with Crippen molar-refractivity contribution >= 4 is 0 Å². The van der Waals surface area contributed by atoms with Gasteiger partial charge in [0.15, 0.2) is 0 Å². The van der Waals surface area contributed by atoms with E-state index in [0.29, 0.717) is 12.0 Å². The molecule has 2 aromatic rings. The normalized spacial score (nSPS) is 11.7. The molecule has 1 heterocycles. The van der Waals surface area contributed by atoms with Crippen LogP contribution in [0.2, 0.25) is 0 Å². The van der Waals surface area contributed by atoms with Gasteiger partial charge in [0.1, 0.15) is 0 Å². The summed E-state index contributed by atoms with van der Waals surface area (Å²) in [5, 5.41) is 4.84. The van der Waals surface area contributed by atoms with Crippen LogP contribution in [0.15, 0.2) is 12.1 Å². The van der Waals surface area contributed by atoms with Gasteiger partial charge in [-0.2, -0.15) is 5.10 Å². The first-order valence-electron chi connectivity index (χ1n) is 8.38. The fourth-order valence-electron chi connectivity index (χ4n) is 3.16. The molecule has 0 amide bonds. The van der Waals surface area contributed by atoms with Crippen molar-refractivity contribution in [2.75, 3.05) is 0 Å². The molecule has 0 N–H and O–H groups in total. The van der Waals surface area contributed by atoms with Gasteiger partial charge in [-0.05, 0) is 76.1 Å². The second kappa shape index (κ2) is 6.28. The highest BCUT2D eigenvalue weighted by Gasteiger charge is 2.20. The van der Waals surface area contributed by atoms with Gasteiger partial charge >= 0.3 is 0 Å². The van der Waals surface area contributed by atoms with E-state index in [4.69, 9.17) is 5.10 Å². The van der Waals surface area contributed by atoms with Gasteiger partial charge in [0.25, 0.3) is 0 Å². The van der Waals surface area contributed by atoms with Gasteiger partial charge in [0.05, 0.1) is 5.69 Å². The Morgan fingerprint density at radius 2 is 1.50 bits per heavy atom. The number of nitrogens with zero attached hydrogens (tertiary/aromatic N) is 2. The predicted octanol–water partition coefficient (Wildman–Crippen LogP) is 5.56. The molecule has 0 aliphatic carbocycles. The van der Waals surface area contributed by atoms with E-state index in [0.717, 1.165) is 12.1 Å². The zero-order valence-electron chi connectivity index (χ0n) is 15.4. The van der Waals surface area contributed by atoms with E-state index < -0.39 is 0 Å². The third-order valence-electron chi connectivity index (χ3n) is 4.49. The maximum atomic E-state index is 4.84. The number of benzene rings is 1. The monoisotopic (exact) mass is 298 g/mol. The summed E-state index contributed by atoms with van der Waals surface area (Å²) < 4.78 is 2.22. The van der Waals surface area contributed by atoms with Crippen LogP contribution in [0.5, 0.6) is 0 Å². The smallest absolute Gasteiger partial charge is 0.0675 e. The fraction of sp³-hybridized carbons (Fsp3) is 0.550. The summed E-state index contributed by atoms with van der Waals surface area (Å²) in [4.78, 5) is 0. The number of hydrogen-bond donors (Lipinski definition) is 0. The highest BCUT2D eigenvalue weighted by molar-refractivity contribution is 5.71.